The lowest BCUT2D eigenvalue weighted by Crippen LogP contribution is -2.25. The first-order chi connectivity index (χ1) is 22.9. The average molecular weight is 673 g/mol. The summed E-state index contributed by atoms with van der Waals surface area (Å²) >= 11 is 0. The lowest BCUT2D eigenvalue weighted by molar-refractivity contribution is -0.189. The molecule has 5 aromatic rings. The molecule has 0 fully saturated rings. The Balaban J connectivity index is 1.31. The average Bonchev–Trinajstić information content (AvgIpc) is 3.03. The van der Waals surface area contributed by atoms with E-state index >= 15 is 13.2 Å². The molecule has 0 radical (unpaired) electrons. The largest absolute Gasteiger partial charge is 0.432 e. The second-order valence-corrected chi connectivity index (χ2v) is 11.4. The predicted octanol–water partition coefficient (Wildman–Crippen LogP) is 12.3. The van der Waals surface area contributed by atoms with Gasteiger partial charge in [0.1, 0.15) is 34.6 Å². The van der Waals surface area contributed by atoms with Gasteiger partial charge in [-0.05, 0) is 83.1 Å². The van der Waals surface area contributed by atoms with Crippen molar-refractivity contribution in [1.29, 1.82) is 0 Å². The van der Waals surface area contributed by atoms with Gasteiger partial charge in [-0.3, -0.25) is 0 Å². The summed E-state index contributed by atoms with van der Waals surface area (Å²) in [5, 5.41) is 0. The van der Waals surface area contributed by atoms with Crippen molar-refractivity contribution < 1.29 is 44.3 Å². The number of hydrogen-bond acceptors (Lipinski definition) is 1. The quantitative estimate of drug-likeness (QED) is 0.0728. The smallest absolute Gasteiger partial charge is 0.429 e. The molecule has 1 nitrogen and oxygen atoms in total. The van der Waals surface area contributed by atoms with Crippen LogP contribution in [0.1, 0.15) is 50.2 Å². The molecule has 0 unspecified atom stereocenters. The maximum atomic E-state index is 15.1. The van der Waals surface area contributed by atoms with Crippen LogP contribution in [0.4, 0.5) is 39.5 Å². The Labute approximate surface area is 271 Å². The second kappa shape index (κ2) is 14.6. The molecule has 250 valence electrons. The Bertz CT molecular complexity index is 1870. The number of rotatable bonds is 12. The van der Waals surface area contributed by atoms with Gasteiger partial charge in [0.15, 0.2) is 17.5 Å². The Morgan fingerprint density at radius 1 is 0.500 bits per heavy atom. The fourth-order valence-electron chi connectivity index (χ4n) is 5.43. The van der Waals surface area contributed by atoms with Gasteiger partial charge in [-0.25, -0.2) is 30.7 Å². The number of benzene rings is 5. The molecule has 10 heteroatoms. The third-order valence-corrected chi connectivity index (χ3v) is 7.95. The van der Waals surface area contributed by atoms with Crippen LogP contribution >= 0.6 is 0 Å². The van der Waals surface area contributed by atoms with Crippen LogP contribution in [0.15, 0.2) is 84.9 Å². The molecule has 0 heterocycles. The lowest BCUT2D eigenvalue weighted by atomic mass is 9.99. The molecule has 0 aliphatic carbocycles. The van der Waals surface area contributed by atoms with E-state index < -0.39 is 58.1 Å². The minimum Gasteiger partial charge on any atom is -0.429 e. The van der Waals surface area contributed by atoms with Crippen molar-refractivity contribution in [2.45, 2.75) is 51.6 Å². The van der Waals surface area contributed by atoms with Gasteiger partial charge in [0.2, 0.25) is 0 Å². The third-order valence-electron chi connectivity index (χ3n) is 7.95. The van der Waals surface area contributed by atoms with Gasteiger partial charge in [-0.2, -0.15) is 8.78 Å². The van der Waals surface area contributed by atoms with Crippen LogP contribution in [0, 0.1) is 40.7 Å². The number of halogens is 9. The van der Waals surface area contributed by atoms with Gasteiger partial charge in [-0.1, -0.05) is 69.0 Å². The molecule has 0 saturated heterocycles. The van der Waals surface area contributed by atoms with E-state index in [4.69, 9.17) is 0 Å². The van der Waals surface area contributed by atoms with E-state index in [2.05, 4.69) is 11.7 Å². The molecular weight excluding hydrogens is 643 g/mol. The molecule has 0 N–H and O–H groups in total. The zero-order chi connectivity index (χ0) is 34.6. The molecule has 0 amide bonds. The molecule has 0 aliphatic heterocycles. The minimum atomic E-state index is -4.55. The number of aryl methyl sites for hydroxylation is 1. The van der Waals surface area contributed by atoms with Crippen molar-refractivity contribution in [3.63, 3.8) is 0 Å². The fraction of sp³-hybridized carbons (Fsp3) is 0.211. The van der Waals surface area contributed by atoms with E-state index in [1.165, 1.54) is 12.5 Å². The van der Waals surface area contributed by atoms with E-state index in [0.29, 0.717) is 23.8 Å². The maximum absolute atomic E-state index is 15.1. The van der Waals surface area contributed by atoms with Crippen LogP contribution in [0.25, 0.3) is 33.4 Å². The highest BCUT2D eigenvalue weighted by Crippen LogP contribution is 2.39. The van der Waals surface area contributed by atoms with Crippen LogP contribution in [-0.2, 0) is 12.5 Å². The van der Waals surface area contributed by atoms with Gasteiger partial charge >= 0.3 is 6.11 Å². The van der Waals surface area contributed by atoms with E-state index in [-0.39, 0.29) is 27.8 Å². The molecule has 48 heavy (non-hydrogen) atoms. The van der Waals surface area contributed by atoms with Gasteiger partial charge in [0.25, 0.3) is 0 Å². The summed E-state index contributed by atoms with van der Waals surface area (Å²) in [6, 6.07) is 15.2. The normalized spacial score (nSPS) is 11.6. The Kier molecular flexibility index (Phi) is 10.5. The number of ether oxygens (including phenoxy) is 1. The van der Waals surface area contributed by atoms with Crippen molar-refractivity contribution in [3.8, 4) is 39.1 Å². The van der Waals surface area contributed by atoms with Gasteiger partial charge in [0, 0.05) is 17.2 Å². The second-order valence-electron chi connectivity index (χ2n) is 11.4. The van der Waals surface area contributed by atoms with E-state index in [0.717, 1.165) is 74.1 Å². The fourth-order valence-corrected chi connectivity index (χ4v) is 5.43. The van der Waals surface area contributed by atoms with Crippen molar-refractivity contribution in [2.24, 2.45) is 0 Å². The summed E-state index contributed by atoms with van der Waals surface area (Å²) in [5.74, 6) is -10.9. The molecule has 5 rings (SSSR count). The standard InChI is InChI=1S/C38H29F9O/c1-2-3-4-5-6-7-22-8-10-23(11-9-22)25-17-32(41)36(33(42)18-25)38(46,47)48-27-13-15-28(31(40)21-27)24-12-14-29(30(39)16-24)26-19-34(43)37(45)35(44)20-26/h8-21H,2-7H2,1H3. The molecule has 0 aliphatic rings. The highest BCUT2D eigenvalue weighted by Gasteiger charge is 2.41. The van der Waals surface area contributed by atoms with Gasteiger partial charge in [-0.15, -0.1) is 0 Å². The first-order valence-electron chi connectivity index (χ1n) is 15.3. The summed E-state index contributed by atoms with van der Waals surface area (Å²) in [6.45, 7) is 2.14. The summed E-state index contributed by atoms with van der Waals surface area (Å²) in [7, 11) is 0. The first kappa shape index (κ1) is 34.6. The number of unbranched alkanes of at least 4 members (excludes halogenated alkanes) is 4. The van der Waals surface area contributed by atoms with Crippen molar-refractivity contribution in [3.05, 3.63) is 137 Å². The zero-order valence-corrected chi connectivity index (χ0v) is 25.6. The Morgan fingerprint density at radius 2 is 1.02 bits per heavy atom. The molecule has 0 spiro atoms. The maximum Gasteiger partial charge on any atom is 0.432 e. The molecule has 0 bridgehead atoms. The van der Waals surface area contributed by atoms with Crippen LogP contribution in [-0.4, -0.2) is 0 Å². The monoisotopic (exact) mass is 672 g/mol. The minimum absolute atomic E-state index is 0.0439. The summed E-state index contributed by atoms with van der Waals surface area (Å²) in [4.78, 5) is 0. The topological polar surface area (TPSA) is 9.23 Å². The molecule has 0 aromatic heterocycles. The highest BCUT2D eigenvalue weighted by molar-refractivity contribution is 5.72. The SMILES string of the molecule is CCCCCCCc1ccc(-c2cc(F)c(C(F)(F)Oc3ccc(-c4ccc(-c5cc(F)c(F)c(F)c5)c(F)c4)c(F)c3)c(F)c2)cc1. The number of alkyl halides is 2. The summed E-state index contributed by atoms with van der Waals surface area (Å²) in [6.07, 6.45) is 1.89. The predicted molar refractivity (Wildman–Crippen MR) is 166 cm³/mol. The lowest BCUT2D eigenvalue weighted by Gasteiger charge is -2.20. The van der Waals surface area contributed by atoms with Crippen molar-refractivity contribution in [1.82, 2.24) is 0 Å². The van der Waals surface area contributed by atoms with Gasteiger partial charge in [0.05, 0.1) is 0 Å². The molecule has 0 saturated carbocycles. The van der Waals surface area contributed by atoms with E-state index in [1.54, 1.807) is 12.1 Å². The van der Waals surface area contributed by atoms with Crippen molar-refractivity contribution in [2.75, 3.05) is 0 Å². The third kappa shape index (κ3) is 7.69. The first-order valence-corrected chi connectivity index (χ1v) is 15.3. The molecule has 0 atom stereocenters. The van der Waals surface area contributed by atoms with Gasteiger partial charge < -0.3 is 4.74 Å². The molecular formula is C38H29F9O. The summed E-state index contributed by atoms with van der Waals surface area (Å²) in [5.41, 5.74) is -1.11. The summed E-state index contributed by atoms with van der Waals surface area (Å²) < 4.78 is 135. The van der Waals surface area contributed by atoms with Crippen LogP contribution in [0.2, 0.25) is 0 Å². The Morgan fingerprint density at radius 3 is 1.62 bits per heavy atom. The number of hydrogen-bond donors (Lipinski definition) is 0. The Hall–Kier alpha value is -4.73. The highest BCUT2D eigenvalue weighted by atomic mass is 19.3. The van der Waals surface area contributed by atoms with E-state index in [1.807, 2.05) is 12.1 Å². The van der Waals surface area contributed by atoms with Crippen LogP contribution in [0.5, 0.6) is 5.75 Å². The van der Waals surface area contributed by atoms with Crippen LogP contribution < -0.4 is 4.74 Å². The van der Waals surface area contributed by atoms with Crippen LogP contribution in [0.3, 0.4) is 0 Å². The zero-order valence-electron chi connectivity index (χ0n) is 25.6. The van der Waals surface area contributed by atoms with Crippen molar-refractivity contribution >= 4 is 0 Å². The molecule has 5 aromatic carbocycles. The van der Waals surface area contributed by atoms with E-state index in [9.17, 15) is 26.3 Å².